The maximum atomic E-state index is 13.4. The second-order valence-electron chi connectivity index (χ2n) is 5.14. The molecular formula is C17H17ClFN. The van der Waals surface area contributed by atoms with Crippen LogP contribution in [0.1, 0.15) is 24.0 Å². The van der Waals surface area contributed by atoms with Crippen molar-refractivity contribution in [2.45, 2.75) is 25.1 Å². The zero-order chi connectivity index (χ0) is 13.9. The molecule has 3 rings (SSSR count). The molecule has 0 amide bonds. The van der Waals surface area contributed by atoms with E-state index >= 15 is 0 Å². The summed E-state index contributed by atoms with van der Waals surface area (Å²) in [6.07, 6.45) is 3.42. The number of para-hydroxylation sites is 1. The first-order valence-electron chi connectivity index (χ1n) is 6.99. The average Bonchev–Trinajstić information content (AvgIpc) is 2.69. The topological polar surface area (TPSA) is 3.24 Å². The third kappa shape index (κ3) is 2.53. The van der Waals surface area contributed by atoms with Gasteiger partial charge in [0, 0.05) is 23.8 Å². The number of alkyl halides is 1. The fourth-order valence-corrected chi connectivity index (χ4v) is 3.08. The number of hydrogen-bond acceptors (Lipinski definition) is 1. The maximum Gasteiger partial charge on any atom is 0.123 e. The lowest BCUT2D eigenvalue weighted by Crippen LogP contribution is -2.19. The van der Waals surface area contributed by atoms with Crippen LogP contribution in [0, 0.1) is 5.82 Å². The third-order valence-electron chi connectivity index (χ3n) is 3.84. The molecule has 0 atom stereocenters. The lowest BCUT2D eigenvalue weighted by Gasteiger charge is -2.27. The molecule has 0 bridgehead atoms. The van der Waals surface area contributed by atoms with Crippen LogP contribution in [0.15, 0.2) is 42.5 Å². The third-order valence-corrected chi connectivity index (χ3v) is 4.12. The van der Waals surface area contributed by atoms with Gasteiger partial charge in [-0.15, -0.1) is 11.6 Å². The monoisotopic (exact) mass is 289 g/mol. The first-order valence-corrected chi connectivity index (χ1v) is 7.53. The van der Waals surface area contributed by atoms with Crippen LogP contribution in [0.3, 0.4) is 0 Å². The summed E-state index contributed by atoms with van der Waals surface area (Å²) in [6, 6.07) is 13.3. The molecule has 0 saturated heterocycles. The van der Waals surface area contributed by atoms with E-state index < -0.39 is 0 Å². The van der Waals surface area contributed by atoms with Crippen LogP contribution < -0.4 is 4.90 Å². The highest BCUT2D eigenvalue weighted by molar-refractivity contribution is 6.17. The molecule has 20 heavy (non-hydrogen) atoms. The molecule has 104 valence electrons. The highest BCUT2D eigenvalue weighted by Crippen LogP contribution is 2.35. The van der Waals surface area contributed by atoms with Crippen LogP contribution in [0.25, 0.3) is 0 Å². The molecule has 1 heterocycles. The first kappa shape index (κ1) is 13.4. The van der Waals surface area contributed by atoms with Crippen molar-refractivity contribution in [3.63, 3.8) is 0 Å². The molecule has 1 aliphatic heterocycles. The minimum absolute atomic E-state index is 0.229. The van der Waals surface area contributed by atoms with Crippen molar-refractivity contribution in [1.29, 1.82) is 0 Å². The molecule has 3 heteroatoms. The van der Waals surface area contributed by atoms with E-state index in [2.05, 4.69) is 29.2 Å². The number of rotatable bonds is 2. The zero-order valence-corrected chi connectivity index (χ0v) is 12.0. The Kier molecular flexibility index (Phi) is 3.93. The molecule has 2 aromatic rings. The van der Waals surface area contributed by atoms with Gasteiger partial charge in [-0.2, -0.15) is 0 Å². The van der Waals surface area contributed by atoms with Gasteiger partial charge < -0.3 is 4.90 Å². The summed E-state index contributed by atoms with van der Waals surface area (Å²) in [5, 5.41) is 0. The molecule has 2 aromatic carbocycles. The number of hydrogen-bond donors (Lipinski definition) is 0. The van der Waals surface area contributed by atoms with Crippen molar-refractivity contribution in [2.75, 3.05) is 11.4 Å². The fourth-order valence-electron chi connectivity index (χ4n) is 2.87. The largest absolute Gasteiger partial charge is 0.341 e. The Morgan fingerprint density at radius 3 is 2.75 bits per heavy atom. The van der Waals surface area contributed by atoms with Gasteiger partial charge in [-0.05, 0) is 54.7 Å². The first-order chi connectivity index (χ1) is 9.79. The summed E-state index contributed by atoms with van der Waals surface area (Å²) in [7, 11) is 0. The van der Waals surface area contributed by atoms with E-state index in [0.717, 1.165) is 30.6 Å². The minimum atomic E-state index is -0.229. The Balaban J connectivity index is 2.10. The van der Waals surface area contributed by atoms with Gasteiger partial charge in [0.25, 0.3) is 0 Å². The smallest absolute Gasteiger partial charge is 0.123 e. The van der Waals surface area contributed by atoms with E-state index in [4.69, 9.17) is 11.6 Å². The second kappa shape index (κ2) is 5.84. The van der Waals surface area contributed by atoms with Crippen LogP contribution in [0.2, 0.25) is 0 Å². The Bertz CT molecular complexity index is 612. The van der Waals surface area contributed by atoms with Gasteiger partial charge in [0.05, 0.1) is 0 Å². The molecular weight excluding hydrogens is 273 g/mol. The normalized spacial score (nSPS) is 14.8. The summed E-state index contributed by atoms with van der Waals surface area (Å²) >= 11 is 6.00. The van der Waals surface area contributed by atoms with Crippen LogP contribution in [-0.2, 0) is 12.3 Å². The quantitative estimate of drug-likeness (QED) is 0.700. The van der Waals surface area contributed by atoms with Crippen molar-refractivity contribution in [3.8, 4) is 0 Å². The SMILES string of the molecule is Fc1ccc(N2CCCCc3ccccc32)c(CCl)c1. The molecule has 0 radical (unpaired) electrons. The van der Waals surface area contributed by atoms with Crippen LogP contribution >= 0.6 is 11.6 Å². The van der Waals surface area contributed by atoms with Crippen molar-refractivity contribution in [3.05, 3.63) is 59.4 Å². The van der Waals surface area contributed by atoms with Gasteiger partial charge >= 0.3 is 0 Å². The maximum absolute atomic E-state index is 13.4. The van der Waals surface area contributed by atoms with Crippen LogP contribution in [-0.4, -0.2) is 6.54 Å². The van der Waals surface area contributed by atoms with E-state index in [9.17, 15) is 4.39 Å². The summed E-state index contributed by atoms with van der Waals surface area (Å²) in [5.74, 6) is 0.0960. The highest BCUT2D eigenvalue weighted by Gasteiger charge is 2.18. The fraction of sp³-hybridized carbons (Fsp3) is 0.294. The molecule has 0 N–H and O–H groups in total. The molecule has 0 saturated carbocycles. The van der Waals surface area contributed by atoms with Gasteiger partial charge in [-0.1, -0.05) is 18.2 Å². The lowest BCUT2D eigenvalue weighted by atomic mass is 10.1. The molecule has 0 unspecified atom stereocenters. The number of anilines is 2. The summed E-state index contributed by atoms with van der Waals surface area (Å²) in [6.45, 7) is 0.951. The number of aryl methyl sites for hydroxylation is 1. The van der Waals surface area contributed by atoms with Crippen molar-refractivity contribution >= 4 is 23.0 Å². The Morgan fingerprint density at radius 2 is 1.90 bits per heavy atom. The second-order valence-corrected chi connectivity index (χ2v) is 5.41. The van der Waals surface area contributed by atoms with Crippen LogP contribution in [0.4, 0.5) is 15.8 Å². The summed E-state index contributed by atoms with van der Waals surface area (Å²) in [4.78, 5) is 2.28. The minimum Gasteiger partial charge on any atom is -0.341 e. The number of halogens is 2. The molecule has 0 aliphatic carbocycles. The van der Waals surface area contributed by atoms with E-state index in [0.29, 0.717) is 5.88 Å². The Morgan fingerprint density at radius 1 is 1.05 bits per heavy atom. The van der Waals surface area contributed by atoms with Gasteiger partial charge in [-0.25, -0.2) is 4.39 Å². The van der Waals surface area contributed by atoms with Crippen molar-refractivity contribution in [2.24, 2.45) is 0 Å². The summed E-state index contributed by atoms with van der Waals surface area (Å²) in [5.41, 5.74) is 4.46. The Hall–Kier alpha value is -1.54. The zero-order valence-electron chi connectivity index (χ0n) is 11.3. The van der Waals surface area contributed by atoms with Crippen LogP contribution in [0.5, 0.6) is 0 Å². The molecule has 1 aliphatic rings. The van der Waals surface area contributed by atoms with Crippen molar-refractivity contribution < 1.29 is 4.39 Å². The van der Waals surface area contributed by atoms with E-state index in [1.807, 2.05) is 6.07 Å². The van der Waals surface area contributed by atoms with Gasteiger partial charge in [-0.3, -0.25) is 0 Å². The van der Waals surface area contributed by atoms with E-state index in [-0.39, 0.29) is 5.82 Å². The number of fused-ring (bicyclic) bond motifs is 1. The number of nitrogens with zero attached hydrogens (tertiary/aromatic N) is 1. The van der Waals surface area contributed by atoms with Gasteiger partial charge in [0.1, 0.15) is 5.82 Å². The molecule has 0 spiro atoms. The molecule has 0 fully saturated rings. The van der Waals surface area contributed by atoms with Crippen molar-refractivity contribution in [1.82, 2.24) is 0 Å². The Labute approximate surface area is 124 Å². The highest BCUT2D eigenvalue weighted by atomic mass is 35.5. The molecule has 0 aromatic heterocycles. The predicted octanol–water partition coefficient (Wildman–Crippen LogP) is 5.04. The summed E-state index contributed by atoms with van der Waals surface area (Å²) < 4.78 is 13.4. The number of benzene rings is 2. The van der Waals surface area contributed by atoms with E-state index in [1.54, 1.807) is 0 Å². The van der Waals surface area contributed by atoms with Gasteiger partial charge in [0.2, 0.25) is 0 Å². The molecule has 1 nitrogen and oxygen atoms in total. The van der Waals surface area contributed by atoms with Gasteiger partial charge in [0.15, 0.2) is 0 Å². The standard InChI is InChI=1S/C17H17ClFN/c18-12-14-11-15(19)8-9-17(14)20-10-4-3-6-13-5-1-2-7-16(13)20/h1-2,5,7-9,11H,3-4,6,10,12H2. The average molecular weight is 290 g/mol. The van der Waals surface area contributed by atoms with E-state index in [1.165, 1.54) is 29.8 Å². The lowest BCUT2D eigenvalue weighted by molar-refractivity contribution is 0.626. The predicted molar refractivity (Wildman–Crippen MR) is 82.3 cm³/mol.